The summed E-state index contributed by atoms with van der Waals surface area (Å²) in [5.41, 5.74) is 2.57. The number of carbonyl (C=O) groups excluding carboxylic acids is 1. The SMILES string of the molecule is COc1cc(Cl)c(C)cc1NC(=O)c1nc(-c2ccccc2)oc1C1CC1. The average Bonchev–Trinajstić information content (AvgIpc) is 3.43. The van der Waals surface area contributed by atoms with Crippen molar-refractivity contribution in [3.63, 3.8) is 0 Å². The number of nitrogens with zero attached hydrogens (tertiary/aromatic N) is 1. The minimum Gasteiger partial charge on any atom is -0.495 e. The predicted octanol–water partition coefficient (Wildman–Crippen LogP) is 5.44. The van der Waals surface area contributed by atoms with Crippen molar-refractivity contribution < 1.29 is 13.9 Å². The van der Waals surface area contributed by atoms with E-state index in [9.17, 15) is 4.79 Å². The highest BCUT2D eigenvalue weighted by Crippen LogP contribution is 2.43. The van der Waals surface area contributed by atoms with Crippen molar-refractivity contribution in [2.75, 3.05) is 12.4 Å². The maximum absolute atomic E-state index is 13.0. The van der Waals surface area contributed by atoms with Crippen molar-refractivity contribution in [3.05, 3.63) is 64.5 Å². The normalized spacial score (nSPS) is 13.4. The molecule has 2 aromatic carbocycles. The maximum Gasteiger partial charge on any atom is 0.278 e. The van der Waals surface area contributed by atoms with Gasteiger partial charge in [-0.2, -0.15) is 0 Å². The smallest absolute Gasteiger partial charge is 0.278 e. The Bertz CT molecular complexity index is 994. The van der Waals surface area contributed by atoms with Gasteiger partial charge < -0.3 is 14.5 Å². The zero-order valence-electron chi connectivity index (χ0n) is 15.1. The van der Waals surface area contributed by atoms with E-state index in [1.54, 1.807) is 12.1 Å². The number of ether oxygens (including phenoxy) is 1. The van der Waals surface area contributed by atoms with Crippen LogP contribution in [0, 0.1) is 6.92 Å². The lowest BCUT2D eigenvalue weighted by Crippen LogP contribution is -2.15. The summed E-state index contributed by atoms with van der Waals surface area (Å²) in [5.74, 6) is 1.55. The van der Waals surface area contributed by atoms with Crippen molar-refractivity contribution in [2.24, 2.45) is 0 Å². The Morgan fingerprint density at radius 3 is 2.67 bits per heavy atom. The molecule has 4 rings (SSSR count). The van der Waals surface area contributed by atoms with E-state index in [1.807, 2.05) is 37.3 Å². The van der Waals surface area contributed by atoms with Crippen LogP contribution < -0.4 is 10.1 Å². The lowest BCUT2D eigenvalue weighted by atomic mass is 10.2. The number of hydrogen-bond acceptors (Lipinski definition) is 4. The Morgan fingerprint density at radius 1 is 1.26 bits per heavy atom. The van der Waals surface area contributed by atoms with Crippen LogP contribution in [0.3, 0.4) is 0 Å². The second kappa shape index (κ2) is 7.08. The number of hydrogen-bond donors (Lipinski definition) is 1. The van der Waals surface area contributed by atoms with Crippen LogP contribution in [0.2, 0.25) is 5.02 Å². The fourth-order valence-corrected chi connectivity index (χ4v) is 3.09. The van der Waals surface area contributed by atoms with Crippen LogP contribution in [-0.2, 0) is 0 Å². The first kappa shape index (κ1) is 17.6. The zero-order valence-corrected chi connectivity index (χ0v) is 15.8. The summed E-state index contributed by atoms with van der Waals surface area (Å²) >= 11 is 6.14. The van der Waals surface area contributed by atoms with Gasteiger partial charge in [0.15, 0.2) is 5.69 Å². The largest absolute Gasteiger partial charge is 0.495 e. The zero-order chi connectivity index (χ0) is 19.0. The number of aryl methyl sites for hydroxylation is 1. The molecule has 27 heavy (non-hydrogen) atoms. The molecule has 1 saturated carbocycles. The van der Waals surface area contributed by atoms with Crippen LogP contribution in [0.5, 0.6) is 5.75 Å². The lowest BCUT2D eigenvalue weighted by molar-refractivity contribution is 0.102. The highest BCUT2D eigenvalue weighted by molar-refractivity contribution is 6.31. The van der Waals surface area contributed by atoms with Gasteiger partial charge in [-0.1, -0.05) is 29.8 Å². The number of rotatable bonds is 5. The molecule has 0 atom stereocenters. The molecular weight excluding hydrogens is 364 g/mol. The molecule has 1 aromatic heterocycles. The van der Waals surface area contributed by atoms with Crippen molar-refractivity contribution in [1.29, 1.82) is 0 Å². The molecule has 0 radical (unpaired) electrons. The van der Waals surface area contributed by atoms with Crippen LogP contribution in [0.15, 0.2) is 46.9 Å². The Balaban J connectivity index is 1.68. The van der Waals surface area contributed by atoms with Gasteiger partial charge in [0, 0.05) is 22.6 Å². The van der Waals surface area contributed by atoms with E-state index >= 15 is 0 Å². The predicted molar refractivity (Wildman–Crippen MR) is 105 cm³/mol. The number of oxazole rings is 1. The van der Waals surface area contributed by atoms with E-state index in [0.29, 0.717) is 33.8 Å². The lowest BCUT2D eigenvalue weighted by Gasteiger charge is -2.11. The molecule has 1 amide bonds. The highest BCUT2D eigenvalue weighted by Gasteiger charge is 2.34. The molecule has 138 valence electrons. The standard InChI is InChI=1S/C21H19ClN2O3/c1-12-10-16(17(26-2)11-15(12)22)23-20(25)18-19(13-8-9-13)27-21(24-18)14-6-4-3-5-7-14/h3-7,10-11,13H,8-9H2,1-2H3,(H,23,25). The molecule has 0 unspecified atom stereocenters. The van der Waals surface area contributed by atoms with Crippen LogP contribution in [0.4, 0.5) is 5.69 Å². The van der Waals surface area contributed by atoms with E-state index in [0.717, 1.165) is 24.0 Å². The number of amides is 1. The second-order valence-corrected chi connectivity index (χ2v) is 7.04. The van der Waals surface area contributed by atoms with Gasteiger partial charge in [0.1, 0.15) is 11.5 Å². The number of nitrogens with one attached hydrogen (secondary N) is 1. The first-order chi connectivity index (χ1) is 13.1. The second-order valence-electron chi connectivity index (χ2n) is 6.63. The first-order valence-electron chi connectivity index (χ1n) is 8.78. The molecule has 0 spiro atoms. The molecule has 1 aliphatic rings. The van der Waals surface area contributed by atoms with E-state index in [2.05, 4.69) is 10.3 Å². The number of aromatic nitrogens is 1. The van der Waals surface area contributed by atoms with Crippen molar-refractivity contribution in [3.8, 4) is 17.2 Å². The molecular formula is C21H19ClN2O3. The fraction of sp³-hybridized carbons (Fsp3) is 0.238. The molecule has 0 saturated heterocycles. The van der Waals surface area contributed by atoms with Crippen molar-refractivity contribution in [1.82, 2.24) is 4.98 Å². The molecule has 1 aliphatic carbocycles. The minimum absolute atomic E-state index is 0.254. The number of halogens is 1. The van der Waals surface area contributed by atoms with Gasteiger partial charge in [0.25, 0.3) is 5.91 Å². The summed E-state index contributed by atoms with van der Waals surface area (Å²) in [7, 11) is 1.54. The van der Waals surface area contributed by atoms with Gasteiger partial charge in [-0.05, 0) is 43.5 Å². The summed E-state index contributed by atoms with van der Waals surface area (Å²) < 4.78 is 11.3. The molecule has 5 nitrogen and oxygen atoms in total. The molecule has 6 heteroatoms. The summed E-state index contributed by atoms with van der Waals surface area (Å²) in [6, 6.07) is 13.1. The highest BCUT2D eigenvalue weighted by atomic mass is 35.5. The van der Waals surface area contributed by atoms with Crippen LogP contribution in [0.1, 0.15) is 40.6 Å². The molecule has 1 heterocycles. The Labute approximate surface area is 162 Å². The van der Waals surface area contributed by atoms with Crippen molar-refractivity contribution in [2.45, 2.75) is 25.7 Å². The first-order valence-corrected chi connectivity index (χ1v) is 9.16. The van der Waals surface area contributed by atoms with E-state index in [1.165, 1.54) is 7.11 Å². The molecule has 3 aromatic rings. The Kier molecular flexibility index (Phi) is 4.62. The summed E-state index contributed by atoms with van der Waals surface area (Å²) in [6.07, 6.45) is 2.01. The number of methoxy groups -OCH3 is 1. The molecule has 1 N–H and O–H groups in total. The minimum atomic E-state index is -0.317. The third-order valence-electron chi connectivity index (χ3n) is 4.57. The van der Waals surface area contributed by atoms with Gasteiger partial charge in [-0.25, -0.2) is 4.98 Å². The van der Waals surface area contributed by atoms with Gasteiger partial charge in [0.2, 0.25) is 5.89 Å². The van der Waals surface area contributed by atoms with Gasteiger partial charge >= 0.3 is 0 Å². The van der Waals surface area contributed by atoms with Crippen LogP contribution in [-0.4, -0.2) is 18.0 Å². The molecule has 1 fully saturated rings. The Morgan fingerprint density at radius 2 is 2.00 bits per heavy atom. The van der Waals surface area contributed by atoms with Gasteiger partial charge in [-0.3, -0.25) is 4.79 Å². The van der Waals surface area contributed by atoms with Crippen LogP contribution in [0.25, 0.3) is 11.5 Å². The Hall–Kier alpha value is -2.79. The van der Waals surface area contributed by atoms with Gasteiger partial charge in [-0.15, -0.1) is 0 Å². The number of anilines is 1. The molecule has 0 aliphatic heterocycles. The van der Waals surface area contributed by atoms with Crippen molar-refractivity contribution >= 4 is 23.2 Å². The molecule has 0 bridgehead atoms. The third kappa shape index (κ3) is 3.55. The number of carbonyl (C=O) groups is 1. The third-order valence-corrected chi connectivity index (χ3v) is 4.97. The van der Waals surface area contributed by atoms with E-state index in [-0.39, 0.29) is 11.8 Å². The quantitative estimate of drug-likeness (QED) is 0.638. The topological polar surface area (TPSA) is 64.4 Å². The maximum atomic E-state index is 13.0. The average molecular weight is 383 g/mol. The summed E-state index contributed by atoms with van der Waals surface area (Å²) in [5, 5.41) is 3.47. The van der Waals surface area contributed by atoms with Crippen LogP contribution >= 0.6 is 11.6 Å². The van der Waals surface area contributed by atoms with E-state index in [4.69, 9.17) is 20.8 Å². The summed E-state index contributed by atoms with van der Waals surface area (Å²) in [6.45, 7) is 1.87. The summed E-state index contributed by atoms with van der Waals surface area (Å²) in [4.78, 5) is 17.4. The monoisotopic (exact) mass is 382 g/mol. The number of benzene rings is 2. The van der Waals surface area contributed by atoms with E-state index < -0.39 is 0 Å². The van der Waals surface area contributed by atoms with Gasteiger partial charge in [0.05, 0.1) is 12.8 Å². The fourth-order valence-electron chi connectivity index (χ4n) is 2.93.